The maximum Gasteiger partial charge on any atom is 0.316 e. The minimum Gasteiger partial charge on any atom is -0.490 e. The summed E-state index contributed by atoms with van der Waals surface area (Å²) >= 11 is 12.3. The van der Waals surface area contributed by atoms with Crippen molar-refractivity contribution >= 4 is 34.8 Å². The number of hydrogen-bond donors (Lipinski definition) is 1. The summed E-state index contributed by atoms with van der Waals surface area (Å²) in [5, 5.41) is 3.85. The Kier molecular flexibility index (Phi) is 5.26. The fraction of sp³-hybridized carbons (Fsp3) is 0.111. The standard InChI is InChI=1S/C18H15Cl2N3O2/c1-25-15-11-23(10-12-6-3-2-4-7-12)18(22-17(15)24)21-14-9-5-8-13(19)16(14)20/h2-9,11H,10H2,1H3,(H,21,22,24). The molecule has 0 radical (unpaired) electrons. The minimum atomic E-state index is -0.465. The molecule has 0 fully saturated rings. The summed E-state index contributed by atoms with van der Waals surface area (Å²) in [6, 6.07) is 15.0. The van der Waals surface area contributed by atoms with Crippen molar-refractivity contribution in [2.45, 2.75) is 6.54 Å². The number of nitrogens with one attached hydrogen (secondary N) is 1. The molecule has 5 nitrogen and oxygen atoms in total. The third kappa shape index (κ3) is 3.95. The molecule has 1 N–H and O–H groups in total. The van der Waals surface area contributed by atoms with Crippen LogP contribution in [0.4, 0.5) is 11.6 Å². The third-order valence-electron chi connectivity index (χ3n) is 3.58. The van der Waals surface area contributed by atoms with Crippen LogP contribution in [0.2, 0.25) is 10.0 Å². The molecule has 25 heavy (non-hydrogen) atoms. The van der Waals surface area contributed by atoms with Crippen molar-refractivity contribution in [1.29, 1.82) is 0 Å². The number of anilines is 2. The van der Waals surface area contributed by atoms with Crippen LogP contribution in [0.1, 0.15) is 5.56 Å². The molecule has 0 saturated heterocycles. The minimum absolute atomic E-state index is 0.165. The highest BCUT2D eigenvalue weighted by Crippen LogP contribution is 2.31. The van der Waals surface area contributed by atoms with E-state index in [4.69, 9.17) is 27.9 Å². The molecule has 0 amide bonds. The first kappa shape index (κ1) is 17.3. The van der Waals surface area contributed by atoms with E-state index in [1.54, 1.807) is 29.0 Å². The molecule has 0 unspecified atom stereocenters. The van der Waals surface area contributed by atoms with Crippen molar-refractivity contribution in [3.63, 3.8) is 0 Å². The quantitative estimate of drug-likeness (QED) is 0.719. The van der Waals surface area contributed by atoms with E-state index < -0.39 is 5.56 Å². The van der Waals surface area contributed by atoms with Gasteiger partial charge in [-0.05, 0) is 17.7 Å². The Balaban J connectivity index is 2.03. The fourth-order valence-electron chi connectivity index (χ4n) is 2.33. The van der Waals surface area contributed by atoms with Gasteiger partial charge in [-0.25, -0.2) is 0 Å². The van der Waals surface area contributed by atoms with E-state index in [2.05, 4.69) is 10.3 Å². The second-order valence-electron chi connectivity index (χ2n) is 5.28. The zero-order chi connectivity index (χ0) is 17.8. The van der Waals surface area contributed by atoms with Crippen LogP contribution in [-0.2, 0) is 6.54 Å². The van der Waals surface area contributed by atoms with Gasteiger partial charge in [0.25, 0.3) is 0 Å². The molecule has 0 aliphatic heterocycles. The van der Waals surface area contributed by atoms with E-state index in [-0.39, 0.29) is 5.75 Å². The molecule has 128 valence electrons. The Bertz CT molecular complexity index is 943. The van der Waals surface area contributed by atoms with Crippen molar-refractivity contribution in [1.82, 2.24) is 9.55 Å². The third-order valence-corrected chi connectivity index (χ3v) is 4.40. The van der Waals surface area contributed by atoms with Gasteiger partial charge in [-0.1, -0.05) is 59.6 Å². The van der Waals surface area contributed by atoms with Crippen LogP contribution in [0.25, 0.3) is 0 Å². The van der Waals surface area contributed by atoms with E-state index in [0.29, 0.717) is 28.2 Å². The van der Waals surface area contributed by atoms with Crippen molar-refractivity contribution in [3.8, 4) is 5.75 Å². The molecule has 0 saturated carbocycles. The maximum absolute atomic E-state index is 12.1. The lowest BCUT2D eigenvalue weighted by Gasteiger charge is -2.16. The summed E-state index contributed by atoms with van der Waals surface area (Å²) in [5.74, 6) is 0.512. The number of methoxy groups -OCH3 is 1. The number of rotatable bonds is 5. The van der Waals surface area contributed by atoms with Crippen LogP contribution in [0.5, 0.6) is 5.75 Å². The largest absolute Gasteiger partial charge is 0.490 e. The Morgan fingerprint density at radius 2 is 1.88 bits per heavy atom. The molecule has 2 aromatic carbocycles. The molecule has 1 heterocycles. The van der Waals surface area contributed by atoms with Crippen LogP contribution in [0.15, 0.2) is 59.5 Å². The van der Waals surface area contributed by atoms with Crippen LogP contribution in [0.3, 0.4) is 0 Å². The zero-order valence-corrected chi connectivity index (χ0v) is 14.9. The first-order valence-electron chi connectivity index (χ1n) is 7.49. The van der Waals surface area contributed by atoms with Gasteiger partial charge in [-0.15, -0.1) is 0 Å². The van der Waals surface area contributed by atoms with Gasteiger partial charge in [-0.2, -0.15) is 4.98 Å². The first-order chi connectivity index (χ1) is 12.1. The number of ether oxygens (including phenoxy) is 1. The van der Waals surface area contributed by atoms with E-state index in [1.807, 2.05) is 30.3 Å². The van der Waals surface area contributed by atoms with Crippen molar-refractivity contribution in [3.05, 3.63) is 80.7 Å². The number of nitrogens with zero attached hydrogens (tertiary/aromatic N) is 2. The molecule has 3 rings (SSSR count). The summed E-state index contributed by atoms with van der Waals surface area (Å²) in [4.78, 5) is 16.1. The summed E-state index contributed by atoms with van der Waals surface area (Å²) in [6.45, 7) is 0.505. The second kappa shape index (κ2) is 7.59. The van der Waals surface area contributed by atoms with Gasteiger partial charge < -0.3 is 14.6 Å². The summed E-state index contributed by atoms with van der Waals surface area (Å²) in [6.07, 6.45) is 1.61. The number of halogens is 2. The Labute approximate surface area is 154 Å². The highest BCUT2D eigenvalue weighted by atomic mass is 35.5. The van der Waals surface area contributed by atoms with E-state index in [0.717, 1.165) is 5.56 Å². The lowest BCUT2D eigenvalue weighted by molar-refractivity contribution is 0.402. The predicted molar refractivity (Wildman–Crippen MR) is 100 cm³/mol. The Hall–Kier alpha value is -2.50. The Morgan fingerprint density at radius 3 is 2.60 bits per heavy atom. The average molecular weight is 376 g/mol. The van der Waals surface area contributed by atoms with E-state index in [1.165, 1.54) is 7.11 Å². The SMILES string of the molecule is COc1cn(Cc2ccccc2)c(Nc2cccc(Cl)c2Cl)nc1=O. The predicted octanol–water partition coefficient (Wildman–Crippen LogP) is 4.35. The van der Waals surface area contributed by atoms with Crippen molar-refractivity contribution < 1.29 is 4.74 Å². The zero-order valence-electron chi connectivity index (χ0n) is 13.4. The van der Waals surface area contributed by atoms with E-state index >= 15 is 0 Å². The van der Waals surface area contributed by atoms with Gasteiger partial charge >= 0.3 is 5.56 Å². The van der Waals surface area contributed by atoms with Gasteiger partial charge in [0.05, 0.1) is 35.6 Å². The summed E-state index contributed by atoms with van der Waals surface area (Å²) in [7, 11) is 1.44. The highest BCUT2D eigenvalue weighted by Gasteiger charge is 2.12. The summed E-state index contributed by atoms with van der Waals surface area (Å²) in [5.41, 5.74) is 1.15. The van der Waals surface area contributed by atoms with Crippen LogP contribution in [0, 0.1) is 0 Å². The van der Waals surface area contributed by atoms with Gasteiger partial charge in [0.15, 0.2) is 0 Å². The summed E-state index contributed by atoms with van der Waals surface area (Å²) < 4.78 is 6.89. The van der Waals surface area contributed by atoms with Crippen molar-refractivity contribution in [2.24, 2.45) is 0 Å². The smallest absolute Gasteiger partial charge is 0.316 e. The average Bonchev–Trinajstić information content (AvgIpc) is 2.62. The van der Waals surface area contributed by atoms with Crippen LogP contribution < -0.4 is 15.6 Å². The first-order valence-corrected chi connectivity index (χ1v) is 8.24. The van der Waals surface area contributed by atoms with Crippen LogP contribution >= 0.6 is 23.2 Å². The monoisotopic (exact) mass is 375 g/mol. The van der Waals surface area contributed by atoms with Crippen LogP contribution in [-0.4, -0.2) is 16.7 Å². The molecule has 0 aliphatic carbocycles. The maximum atomic E-state index is 12.1. The molecule has 7 heteroatoms. The number of benzene rings is 2. The lowest BCUT2D eigenvalue weighted by atomic mass is 10.2. The normalized spacial score (nSPS) is 10.5. The fourth-order valence-corrected chi connectivity index (χ4v) is 2.68. The van der Waals surface area contributed by atoms with E-state index in [9.17, 15) is 4.79 Å². The molecule has 0 atom stereocenters. The Morgan fingerprint density at radius 1 is 1.12 bits per heavy atom. The lowest BCUT2D eigenvalue weighted by Crippen LogP contribution is -2.18. The van der Waals surface area contributed by atoms with Crippen molar-refractivity contribution in [2.75, 3.05) is 12.4 Å². The molecule has 3 aromatic rings. The van der Waals surface area contributed by atoms with Gasteiger partial charge in [0, 0.05) is 0 Å². The number of hydrogen-bond acceptors (Lipinski definition) is 4. The molecule has 0 spiro atoms. The number of aromatic nitrogens is 2. The molecule has 0 aliphatic rings. The van der Waals surface area contributed by atoms with Gasteiger partial charge in [-0.3, -0.25) is 4.79 Å². The molecule has 1 aromatic heterocycles. The molecule has 0 bridgehead atoms. The second-order valence-corrected chi connectivity index (χ2v) is 6.06. The van der Waals surface area contributed by atoms with Gasteiger partial charge in [0.2, 0.25) is 11.7 Å². The topological polar surface area (TPSA) is 56.1 Å². The molecular weight excluding hydrogens is 361 g/mol. The van der Waals surface area contributed by atoms with Gasteiger partial charge in [0.1, 0.15) is 0 Å². The highest BCUT2D eigenvalue weighted by molar-refractivity contribution is 6.43. The molecular formula is C18H15Cl2N3O2.